The minimum absolute atomic E-state index is 0.0421. The maximum absolute atomic E-state index is 12.4. The number of thiophene rings is 1. The summed E-state index contributed by atoms with van der Waals surface area (Å²) in [6.45, 7) is 6.73. The zero-order chi connectivity index (χ0) is 13.3. The molecule has 0 aliphatic carbocycles. The molecule has 1 N–H and O–H groups in total. The van der Waals surface area contributed by atoms with Gasteiger partial charge in [-0.15, -0.1) is 11.3 Å². The summed E-state index contributed by atoms with van der Waals surface area (Å²) in [4.78, 5) is 27.8. The lowest BCUT2D eigenvalue weighted by molar-refractivity contribution is -0.133. The highest BCUT2D eigenvalue weighted by Crippen LogP contribution is 2.24. The summed E-state index contributed by atoms with van der Waals surface area (Å²) in [5.74, 6) is -0.131. The van der Waals surface area contributed by atoms with E-state index in [2.05, 4.69) is 12.2 Å². The van der Waals surface area contributed by atoms with E-state index in [0.717, 1.165) is 11.3 Å². The molecule has 1 fully saturated rings. The van der Waals surface area contributed by atoms with Crippen molar-refractivity contribution >= 4 is 23.2 Å². The van der Waals surface area contributed by atoms with Crippen LogP contribution in [0.4, 0.5) is 0 Å². The molecule has 4 nitrogen and oxygen atoms in total. The fourth-order valence-corrected chi connectivity index (χ4v) is 2.97. The number of carbonyl (C=O) groups is 2. The summed E-state index contributed by atoms with van der Waals surface area (Å²) < 4.78 is 0. The molecule has 98 valence electrons. The SMILES string of the molecule is CCc1ccc(C(=O)N2CCNC(=O)C2(C)C)s1. The van der Waals surface area contributed by atoms with Crippen molar-refractivity contribution in [2.24, 2.45) is 0 Å². The summed E-state index contributed by atoms with van der Waals surface area (Å²) in [5, 5.41) is 2.80. The summed E-state index contributed by atoms with van der Waals surface area (Å²) >= 11 is 1.51. The third kappa shape index (κ3) is 2.14. The normalized spacial score (nSPS) is 18.6. The molecule has 1 aliphatic heterocycles. The van der Waals surface area contributed by atoms with Gasteiger partial charge in [0, 0.05) is 18.0 Å². The first-order valence-electron chi connectivity index (χ1n) is 6.15. The fraction of sp³-hybridized carbons (Fsp3) is 0.538. The summed E-state index contributed by atoms with van der Waals surface area (Å²) in [7, 11) is 0. The molecule has 0 spiro atoms. The quantitative estimate of drug-likeness (QED) is 0.885. The van der Waals surface area contributed by atoms with Gasteiger partial charge in [0.1, 0.15) is 5.54 Å². The molecule has 1 aliphatic rings. The summed E-state index contributed by atoms with van der Waals surface area (Å²) in [6, 6.07) is 3.84. The fourth-order valence-electron chi connectivity index (χ4n) is 2.07. The standard InChI is InChI=1S/C13H18N2O2S/c1-4-9-5-6-10(18-9)11(16)15-8-7-14-12(17)13(15,2)3/h5-6H,4,7-8H2,1-3H3,(H,14,17). The number of nitrogens with one attached hydrogen (secondary N) is 1. The van der Waals surface area contributed by atoms with Gasteiger partial charge in [0.2, 0.25) is 5.91 Å². The summed E-state index contributed by atoms with van der Waals surface area (Å²) in [6.07, 6.45) is 0.932. The molecule has 1 aromatic rings. The Hall–Kier alpha value is -1.36. The van der Waals surface area contributed by atoms with Crippen molar-refractivity contribution in [1.82, 2.24) is 10.2 Å². The third-order valence-corrected chi connectivity index (χ3v) is 4.54. The third-order valence-electron chi connectivity index (χ3n) is 3.32. The number of carbonyl (C=O) groups excluding carboxylic acids is 2. The van der Waals surface area contributed by atoms with Gasteiger partial charge in [-0.05, 0) is 32.4 Å². The second kappa shape index (κ2) is 4.72. The number of rotatable bonds is 2. The van der Waals surface area contributed by atoms with Crippen molar-refractivity contribution in [3.8, 4) is 0 Å². The molecule has 0 unspecified atom stereocenters. The second-order valence-electron chi connectivity index (χ2n) is 4.89. The maximum atomic E-state index is 12.4. The Labute approximate surface area is 111 Å². The van der Waals surface area contributed by atoms with E-state index >= 15 is 0 Å². The zero-order valence-corrected chi connectivity index (χ0v) is 11.8. The number of nitrogens with zero attached hydrogens (tertiary/aromatic N) is 1. The largest absolute Gasteiger partial charge is 0.352 e. The molecule has 2 rings (SSSR count). The lowest BCUT2D eigenvalue weighted by Gasteiger charge is -2.40. The highest BCUT2D eigenvalue weighted by atomic mass is 32.1. The molecule has 0 bridgehead atoms. The first-order valence-corrected chi connectivity index (χ1v) is 6.97. The Morgan fingerprint density at radius 3 is 2.83 bits per heavy atom. The maximum Gasteiger partial charge on any atom is 0.264 e. The molecule has 1 saturated heterocycles. The van der Waals surface area contributed by atoms with Crippen LogP contribution in [0.5, 0.6) is 0 Å². The number of amides is 2. The zero-order valence-electron chi connectivity index (χ0n) is 10.9. The molecule has 2 amide bonds. The van der Waals surface area contributed by atoms with E-state index in [1.54, 1.807) is 18.7 Å². The van der Waals surface area contributed by atoms with Gasteiger partial charge in [-0.25, -0.2) is 0 Å². The smallest absolute Gasteiger partial charge is 0.264 e. The number of hydrogen-bond acceptors (Lipinski definition) is 3. The van der Waals surface area contributed by atoms with Crippen LogP contribution in [0.1, 0.15) is 35.3 Å². The number of piperazine rings is 1. The Kier molecular flexibility index (Phi) is 3.43. The van der Waals surface area contributed by atoms with Crippen molar-refractivity contribution in [2.75, 3.05) is 13.1 Å². The molecule has 0 radical (unpaired) electrons. The minimum atomic E-state index is -0.772. The van der Waals surface area contributed by atoms with Gasteiger partial charge in [-0.1, -0.05) is 6.92 Å². The van der Waals surface area contributed by atoms with E-state index in [1.165, 1.54) is 16.2 Å². The Balaban J connectivity index is 2.24. The van der Waals surface area contributed by atoms with Gasteiger partial charge in [-0.2, -0.15) is 0 Å². The summed E-state index contributed by atoms with van der Waals surface area (Å²) in [5.41, 5.74) is -0.772. The molecule has 2 heterocycles. The predicted octanol–water partition coefficient (Wildman–Crippen LogP) is 1.66. The van der Waals surface area contributed by atoms with Crippen LogP contribution in [0, 0.1) is 0 Å². The van der Waals surface area contributed by atoms with Gasteiger partial charge in [0.25, 0.3) is 5.91 Å². The topological polar surface area (TPSA) is 49.4 Å². The van der Waals surface area contributed by atoms with Crippen molar-refractivity contribution in [3.63, 3.8) is 0 Å². The van der Waals surface area contributed by atoms with Crippen LogP contribution in [0.2, 0.25) is 0 Å². The van der Waals surface area contributed by atoms with Crippen LogP contribution < -0.4 is 5.32 Å². The first-order chi connectivity index (χ1) is 8.46. The van der Waals surface area contributed by atoms with Gasteiger partial charge in [-0.3, -0.25) is 9.59 Å². The molecule has 5 heteroatoms. The Bertz CT molecular complexity index is 479. The van der Waals surface area contributed by atoms with Gasteiger partial charge < -0.3 is 10.2 Å². The molecular formula is C13H18N2O2S. The van der Waals surface area contributed by atoms with Crippen molar-refractivity contribution in [1.29, 1.82) is 0 Å². The molecule has 0 saturated carbocycles. The van der Waals surface area contributed by atoms with E-state index in [4.69, 9.17) is 0 Å². The average molecular weight is 266 g/mol. The number of aryl methyl sites for hydroxylation is 1. The Morgan fingerprint density at radius 2 is 2.22 bits per heavy atom. The highest BCUT2D eigenvalue weighted by molar-refractivity contribution is 7.14. The molecule has 0 atom stereocenters. The van der Waals surface area contributed by atoms with Crippen LogP contribution in [0.25, 0.3) is 0 Å². The second-order valence-corrected chi connectivity index (χ2v) is 6.06. The van der Waals surface area contributed by atoms with Crippen LogP contribution in [0.3, 0.4) is 0 Å². The van der Waals surface area contributed by atoms with E-state index < -0.39 is 5.54 Å². The predicted molar refractivity (Wildman–Crippen MR) is 71.8 cm³/mol. The Morgan fingerprint density at radius 1 is 1.50 bits per heavy atom. The monoisotopic (exact) mass is 266 g/mol. The number of hydrogen-bond donors (Lipinski definition) is 1. The van der Waals surface area contributed by atoms with E-state index in [9.17, 15) is 9.59 Å². The molecule has 0 aromatic carbocycles. The average Bonchev–Trinajstić information content (AvgIpc) is 2.80. The van der Waals surface area contributed by atoms with Crippen molar-refractivity contribution in [3.05, 3.63) is 21.9 Å². The van der Waals surface area contributed by atoms with E-state index in [1.807, 2.05) is 12.1 Å². The molecule has 18 heavy (non-hydrogen) atoms. The van der Waals surface area contributed by atoms with Gasteiger partial charge in [0.05, 0.1) is 4.88 Å². The highest BCUT2D eigenvalue weighted by Gasteiger charge is 2.40. The van der Waals surface area contributed by atoms with Crippen LogP contribution in [0.15, 0.2) is 12.1 Å². The van der Waals surface area contributed by atoms with E-state index in [0.29, 0.717) is 13.1 Å². The lowest BCUT2D eigenvalue weighted by atomic mass is 9.98. The van der Waals surface area contributed by atoms with Gasteiger partial charge >= 0.3 is 0 Å². The van der Waals surface area contributed by atoms with Gasteiger partial charge in [0.15, 0.2) is 0 Å². The molecular weight excluding hydrogens is 248 g/mol. The lowest BCUT2D eigenvalue weighted by Crippen LogP contribution is -2.63. The minimum Gasteiger partial charge on any atom is -0.352 e. The molecule has 1 aromatic heterocycles. The van der Waals surface area contributed by atoms with Crippen LogP contribution >= 0.6 is 11.3 Å². The van der Waals surface area contributed by atoms with E-state index in [-0.39, 0.29) is 11.8 Å². The van der Waals surface area contributed by atoms with Crippen LogP contribution in [-0.4, -0.2) is 35.3 Å². The van der Waals surface area contributed by atoms with Crippen molar-refractivity contribution < 1.29 is 9.59 Å². The van der Waals surface area contributed by atoms with Crippen molar-refractivity contribution in [2.45, 2.75) is 32.7 Å². The first kappa shape index (κ1) is 13.1. The van der Waals surface area contributed by atoms with Crippen LogP contribution in [-0.2, 0) is 11.2 Å².